The number of aromatic nitrogens is 5. The predicted octanol–water partition coefficient (Wildman–Crippen LogP) is 32.4. The smallest absolute Gasteiger partial charge is 0.173 e. The van der Waals surface area contributed by atoms with Crippen molar-refractivity contribution in [1.82, 2.24) is 0 Å². The van der Waals surface area contributed by atoms with Gasteiger partial charge in [-0.15, -0.1) is 0 Å². The van der Waals surface area contributed by atoms with Crippen molar-refractivity contribution >= 4 is 78.4 Å². The number of rotatable bonds is 18. The fourth-order valence-electron chi connectivity index (χ4n) is 20.1. The van der Waals surface area contributed by atoms with E-state index in [1.54, 1.807) is 0 Å². The molecule has 21 heterocycles. The summed E-state index contributed by atoms with van der Waals surface area (Å²) in [7, 11) is -51.1. The monoisotopic (exact) mass is 2120 g/mol. The van der Waals surface area contributed by atoms with Gasteiger partial charge in [-0.25, -0.2) is 18.3 Å². The molecule has 12 nitrogen and oxygen atoms in total. The molecule has 0 saturated heterocycles. The normalized spacial score (nSPS) is 22.5. The summed E-state index contributed by atoms with van der Waals surface area (Å²) in [5.41, 5.74) is 16.6. The van der Waals surface area contributed by atoms with Gasteiger partial charge in [0.25, 0.3) is 0 Å². The number of amides is 1. The quantitative estimate of drug-likeness (QED) is 0.0212. The first-order valence-electron chi connectivity index (χ1n) is 44.0. The van der Waals surface area contributed by atoms with Gasteiger partial charge in [-0.05, 0) is 195 Å². The summed E-state index contributed by atoms with van der Waals surface area (Å²) in [6.07, 6.45) is 33.3. The Kier molecular flexibility index (Phi) is 29.0. The predicted molar refractivity (Wildman–Crippen MR) is 476 cm³/mol. The van der Waals surface area contributed by atoms with E-state index in [1.807, 2.05) is 12.1 Å². The van der Waals surface area contributed by atoms with Crippen LogP contribution >= 0.6 is 39.0 Å². The Balaban J connectivity index is 0.000000196. The maximum absolute atomic E-state index is 14.9. The Morgan fingerprint density at radius 2 is 0.614 bits per heavy atom. The molecule has 20 bridgehead atoms. The number of esters is 1. The minimum atomic E-state index is -10.7. The Hall–Kier alpha value is -9.70. The summed E-state index contributed by atoms with van der Waals surface area (Å²) in [5.74, 6) is 5.53. The first-order chi connectivity index (χ1) is 63.8. The van der Waals surface area contributed by atoms with Crippen LogP contribution in [0, 0.1) is 46.3 Å². The van der Waals surface area contributed by atoms with Crippen LogP contribution in [0.1, 0.15) is 111 Å². The molecule has 11 aromatic rings. The van der Waals surface area contributed by atoms with Crippen LogP contribution in [-0.4, -0.2) is 58.1 Å². The topological polar surface area (TPSA) is 93.7 Å². The van der Waals surface area contributed by atoms with Gasteiger partial charge in [0.05, 0.1) is 54.6 Å². The van der Waals surface area contributed by atoms with Gasteiger partial charge in [0, 0.05) is 101 Å². The minimum Gasteiger partial charge on any atom is -0.201 e. The van der Waals surface area contributed by atoms with E-state index in [0.29, 0.717) is 69.8 Å². The van der Waals surface area contributed by atoms with Crippen molar-refractivity contribution in [1.29, 1.82) is 0 Å². The third-order valence-corrected chi connectivity index (χ3v) is 24.6. The van der Waals surface area contributed by atoms with E-state index >= 15 is 0 Å². The summed E-state index contributed by atoms with van der Waals surface area (Å²) in [4.78, 5) is 30.1. The Morgan fingerprint density at radius 3 is 0.929 bits per heavy atom. The number of carbonyl (C=O) groups is 2. The molecule has 0 atom stereocenters. The second kappa shape index (κ2) is 37.2. The van der Waals surface area contributed by atoms with E-state index in [4.69, 9.17) is 18.9 Å². The zero-order valence-electron chi connectivity index (χ0n) is 74.4. The summed E-state index contributed by atoms with van der Waals surface area (Å²) in [6, 6.07) is 69.7. The number of nitrogens with zero attached hydrogens (tertiary/aromatic N) is 6. The first-order valence-corrected chi connectivity index (χ1v) is 54.2. The standard InChI is InChI=1S/C57H67N2O6.C36H32N4.5F6P/c1-58-51-10-4-2-8-49(51)53(50-9-3-5-11-52(50)58)46-14-16-47(17-15-46)59(54(60)56-33-40-27-41(34-56)29-42(28-40)35-56)20-22-62-23-24-63-25-26-64-48-18-12-39(13-19-48)7-6-21-65-55(61)57-36-43-30-44(37-57)32-45(31-43)38-57;1-2-30-4-3-29(1)25-37-17-9-33(10-18-37)35-13-21-39(22-14-35)27-31-5-7-32(8-6-31)28-40-23-15-36(16-24-40)34-11-19-38(26-30)20-12-34;5*1-7(2,3,4,5)6/h2-5,8-19,40-45H,6-7,20-38H2,1H3;1-24H,25-28H2;;;;;/q+1;+4;5*-1. The maximum Gasteiger partial charge on any atom is 0.173 e. The SMILES string of the molecule is C[n+]1c2ccccc2c(-c2ccc(N(CCOCCOCCOc3ccc(CCCOC(=O)C45CC6CC(CC(C6)C4)C5)cc3)C(=O)C34CC5CC(CC(C5)C3)C4)cc2)c2ccccc21.F[P-](F)(F)(F)(F)F.F[P-](F)(F)(F)(F)F.F[P-](F)(F)(F)(F)F.F[P-](F)(F)(F)(F)F.F[P-](F)(F)(F)(F)F.c1cc2ccc1C[n+]1ccc(cc1)-c1cc[n+](cc1)Cc1ccc(cc1)C[n+]1ccc(cc1)-c1cc[n+](cc1)C2. The number of anilines is 1. The van der Waals surface area contributed by atoms with E-state index in [9.17, 15) is 135 Å². The average Bonchev–Trinajstić information content (AvgIpc) is 0.733. The van der Waals surface area contributed by atoms with Crippen molar-refractivity contribution in [3.63, 3.8) is 0 Å². The van der Waals surface area contributed by atoms with Crippen LogP contribution in [-0.2, 0) is 63.4 Å². The minimum absolute atomic E-state index is 0.0820. The van der Waals surface area contributed by atoms with Gasteiger partial charge in [-0.2, -0.15) is 4.57 Å². The van der Waals surface area contributed by atoms with Crippen LogP contribution in [0.25, 0.3) is 55.2 Å². The summed E-state index contributed by atoms with van der Waals surface area (Å²) < 4.78 is 331. The Labute approximate surface area is 783 Å². The number of para-hydroxylation sites is 2. The van der Waals surface area contributed by atoms with Crippen molar-refractivity contribution in [3.05, 3.63) is 272 Å². The summed E-state index contributed by atoms with van der Waals surface area (Å²) in [5, 5.41) is 2.43. The maximum atomic E-state index is 14.9. The van der Waals surface area contributed by atoms with Gasteiger partial charge in [-0.1, -0.05) is 97.1 Å². The average molecular weight is 2120 g/mol. The molecule has 0 N–H and O–H groups in total. The van der Waals surface area contributed by atoms with Gasteiger partial charge < -0.3 is 23.8 Å². The molecular weight excluding hydrogens is 2020 g/mol. The molecule has 24 aliphatic rings. The number of hydrogen-bond acceptors (Lipinski definition) is 6. The molecule has 0 spiro atoms. The number of halogens is 30. The van der Waals surface area contributed by atoms with Gasteiger partial charge >= 0.3 is 171 Å². The molecular formula is C93H99F30N6O6P5. The van der Waals surface area contributed by atoms with Crippen LogP contribution in [0.15, 0.2) is 244 Å². The Morgan fingerprint density at radius 1 is 0.329 bits per heavy atom. The van der Waals surface area contributed by atoms with Crippen LogP contribution in [0.4, 0.5) is 132 Å². The van der Waals surface area contributed by atoms with Crippen LogP contribution < -0.4 is 32.5 Å². The number of benzene rings is 6. The summed E-state index contributed by atoms with van der Waals surface area (Å²) >= 11 is 0. The fourth-order valence-corrected chi connectivity index (χ4v) is 20.1. The summed E-state index contributed by atoms with van der Waals surface area (Å²) in [6.45, 7) is 6.71. The number of hydrogen-bond donors (Lipinski definition) is 0. The van der Waals surface area contributed by atoms with E-state index in [0.717, 1.165) is 112 Å². The number of aryl methyl sites for hydroxylation is 2. The molecule has 1 amide bonds. The van der Waals surface area contributed by atoms with E-state index < -0.39 is 39.0 Å². The molecule has 16 aliphatic heterocycles. The molecule has 35 rings (SSSR count). The molecule has 0 radical (unpaired) electrons. The molecule has 47 heteroatoms. The van der Waals surface area contributed by atoms with Gasteiger partial charge in [0.1, 0.15) is 19.4 Å². The van der Waals surface area contributed by atoms with E-state index in [-0.39, 0.29) is 16.8 Å². The zero-order valence-corrected chi connectivity index (χ0v) is 78.9. The number of fused-ring (bicyclic) bond motifs is 2. The van der Waals surface area contributed by atoms with Crippen LogP contribution in [0.3, 0.4) is 0 Å². The number of pyridine rings is 5. The molecule has 0 unspecified atom stereocenters. The number of carbonyl (C=O) groups excluding carboxylic acids is 2. The molecule has 8 fully saturated rings. The van der Waals surface area contributed by atoms with E-state index in [2.05, 4.69) is 266 Å². The van der Waals surface area contributed by atoms with Crippen LogP contribution in [0.2, 0.25) is 0 Å². The molecule has 140 heavy (non-hydrogen) atoms. The molecule has 8 saturated carbocycles. The Bertz CT molecular complexity index is 5610. The number of ether oxygens (including phenoxy) is 4. The van der Waals surface area contributed by atoms with Crippen molar-refractivity contribution in [2.24, 2.45) is 53.4 Å². The van der Waals surface area contributed by atoms with Gasteiger partial charge in [0.15, 0.2) is 75.8 Å². The first kappa shape index (κ1) is 109. The molecule has 5 aromatic heterocycles. The molecule has 772 valence electrons. The van der Waals surface area contributed by atoms with Crippen LogP contribution in [0.5, 0.6) is 5.75 Å². The van der Waals surface area contributed by atoms with Crippen molar-refractivity contribution in [3.8, 4) is 39.1 Å². The molecule has 8 aliphatic carbocycles. The van der Waals surface area contributed by atoms with Crippen molar-refractivity contribution < 1.29 is 177 Å². The largest absolute Gasteiger partial charge is 0.201 e. The second-order valence-corrected chi connectivity index (χ2v) is 46.4. The zero-order chi connectivity index (χ0) is 103. The molecule has 6 aromatic carbocycles. The van der Waals surface area contributed by atoms with Crippen molar-refractivity contribution in [2.75, 3.05) is 51.1 Å². The van der Waals surface area contributed by atoms with Crippen molar-refractivity contribution in [2.45, 2.75) is 116 Å². The van der Waals surface area contributed by atoms with Gasteiger partial charge in [0.2, 0.25) is 16.9 Å². The van der Waals surface area contributed by atoms with Gasteiger partial charge in [-0.3, -0.25) is 9.59 Å². The third-order valence-electron chi connectivity index (χ3n) is 24.6. The third kappa shape index (κ3) is 39.5. The second-order valence-electron chi connectivity index (χ2n) is 36.8. The fraction of sp³-hybridized carbons (Fsp3) is 0.366. The van der Waals surface area contributed by atoms with E-state index in [1.165, 1.54) is 116 Å².